The number of carbonyl (C=O) groups excluding carboxylic acids is 1. The van der Waals surface area contributed by atoms with E-state index in [9.17, 15) is 4.79 Å². The summed E-state index contributed by atoms with van der Waals surface area (Å²) in [6, 6.07) is 9.71. The fourth-order valence-corrected chi connectivity index (χ4v) is 3.06. The first kappa shape index (κ1) is 13.6. The maximum absolute atomic E-state index is 12.6. The molecule has 2 heterocycles. The van der Waals surface area contributed by atoms with Crippen LogP contribution in [0, 0.1) is 0 Å². The number of carbonyl (C=O) groups is 1. The number of rotatable bonds is 3. The Morgan fingerprint density at radius 3 is 2.80 bits per heavy atom. The normalized spacial score (nSPS) is 30.8. The summed E-state index contributed by atoms with van der Waals surface area (Å²) in [5.41, 5.74) is 1.04. The molecule has 0 radical (unpaired) electrons. The Kier molecular flexibility index (Phi) is 4.03. The minimum absolute atomic E-state index is 0.0678. The Morgan fingerprint density at radius 1 is 1.30 bits per heavy atom. The SMILES string of the molecule is CC1NC(c2ccccc2)C(=O)N1CC1CCCCO1. The first-order valence-corrected chi connectivity index (χ1v) is 7.49. The zero-order valence-corrected chi connectivity index (χ0v) is 11.9. The molecule has 4 nitrogen and oxygen atoms in total. The van der Waals surface area contributed by atoms with E-state index in [1.54, 1.807) is 0 Å². The third kappa shape index (κ3) is 2.72. The molecule has 0 spiro atoms. The molecule has 3 rings (SSSR count). The molecule has 3 atom stereocenters. The topological polar surface area (TPSA) is 41.6 Å². The summed E-state index contributed by atoms with van der Waals surface area (Å²) in [6.07, 6.45) is 3.68. The molecule has 0 bridgehead atoms. The Labute approximate surface area is 120 Å². The van der Waals surface area contributed by atoms with Crippen molar-refractivity contribution in [3.05, 3.63) is 35.9 Å². The first-order chi connectivity index (χ1) is 9.75. The van der Waals surface area contributed by atoms with Gasteiger partial charge in [0.25, 0.3) is 0 Å². The van der Waals surface area contributed by atoms with Gasteiger partial charge in [-0.1, -0.05) is 30.3 Å². The van der Waals surface area contributed by atoms with Crippen molar-refractivity contribution in [2.75, 3.05) is 13.2 Å². The molecule has 2 saturated heterocycles. The molecule has 4 heteroatoms. The molecule has 2 aliphatic heterocycles. The molecule has 0 aromatic heterocycles. The smallest absolute Gasteiger partial charge is 0.245 e. The van der Waals surface area contributed by atoms with Crippen molar-refractivity contribution >= 4 is 5.91 Å². The monoisotopic (exact) mass is 274 g/mol. The summed E-state index contributed by atoms with van der Waals surface area (Å²) in [6.45, 7) is 3.58. The fourth-order valence-electron chi connectivity index (χ4n) is 3.06. The Bertz CT molecular complexity index is 457. The average molecular weight is 274 g/mol. The number of nitrogens with one attached hydrogen (secondary N) is 1. The first-order valence-electron chi connectivity index (χ1n) is 7.49. The van der Waals surface area contributed by atoms with E-state index in [0.717, 1.165) is 25.0 Å². The minimum Gasteiger partial charge on any atom is -0.376 e. The Morgan fingerprint density at radius 2 is 2.10 bits per heavy atom. The van der Waals surface area contributed by atoms with Crippen molar-refractivity contribution in [1.82, 2.24) is 10.2 Å². The van der Waals surface area contributed by atoms with Crippen LogP contribution < -0.4 is 5.32 Å². The van der Waals surface area contributed by atoms with Gasteiger partial charge in [0.15, 0.2) is 0 Å². The van der Waals surface area contributed by atoms with Gasteiger partial charge in [-0.25, -0.2) is 0 Å². The molecule has 0 saturated carbocycles. The van der Waals surface area contributed by atoms with E-state index in [2.05, 4.69) is 5.32 Å². The van der Waals surface area contributed by atoms with Crippen molar-refractivity contribution in [2.45, 2.75) is 44.5 Å². The van der Waals surface area contributed by atoms with E-state index in [1.165, 1.54) is 6.42 Å². The van der Waals surface area contributed by atoms with Gasteiger partial charge in [0, 0.05) is 13.2 Å². The lowest BCUT2D eigenvalue weighted by molar-refractivity contribution is -0.132. The summed E-state index contributed by atoms with van der Waals surface area (Å²) < 4.78 is 5.76. The van der Waals surface area contributed by atoms with Crippen LogP contribution >= 0.6 is 0 Å². The molecular weight excluding hydrogens is 252 g/mol. The second-order valence-electron chi connectivity index (χ2n) is 5.67. The number of benzene rings is 1. The van der Waals surface area contributed by atoms with Crippen LogP contribution in [-0.2, 0) is 9.53 Å². The summed E-state index contributed by atoms with van der Waals surface area (Å²) >= 11 is 0. The van der Waals surface area contributed by atoms with Crippen molar-refractivity contribution in [3.63, 3.8) is 0 Å². The largest absolute Gasteiger partial charge is 0.376 e. The standard InChI is InChI=1S/C16H22N2O2/c1-12-17-15(13-7-3-2-4-8-13)16(19)18(12)11-14-9-5-6-10-20-14/h2-4,7-8,12,14-15,17H,5-6,9-11H2,1H3. The minimum atomic E-state index is -0.213. The van der Waals surface area contributed by atoms with Gasteiger partial charge in [-0.05, 0) is 31.7 Å². The van der Waals surface area contributed by atoms with Crippen LogP contribution in [-0.4, -0.2) is 36.2 Å². The number of nitrogens with zero attached hydrogens (tertiary/aromatic N) is 1. The van der Waals surface area contributed by atoms with Crippen LogP contribution in [0.1, 0.15) is 37.8 Å². The van der Waals surface area contributed by atoms with Gasteiger partial charge >= 0.3 is 0 Å². The Balaban J connectivity index is 1.68. The summed E-state index contributed by atoms with van der Waals surface area (Å²) in [5, 5.41) is 3.38. The number of amides is 1. The molecule has 3 unspecified atom stereocenters. The number of ether oxygens (including phenoxy) is 1. The van der Waals surface area contributed by atoms with Crippen LogP contribution in [0.2, 0.25) is 0 Å². The second kappa shape index (κ2) is 5.94. The van der Waals surface area contributed by atoms with Gasteiger partial charge in [-0.15, -0.1) is 0 Å². The highest BCUT2D eigenvalue weighted by Crippen LogP contribution is 2.25. The van der Waals surface area contributed by atoms with Crippen molar-refractivity contribution < 1.29 is 9.53 Å². The molecule has 108 valence electrons. The zero-order chi connectivity index (χ0) is 13.9. The third-order valence-electron chi connectivity index (χ3n) is 4.21. The lowest BCUT2D eigenvalue weighted by Crippen LogP contribution is -2.42. The van der Waals surface area contributed by atoms with Crippen LogP contribution in [0.15, 0.2) is 30.3 Å². The highest BCUT2D eigenvalue weighted by atomic mass is 16.5. The van der Waals surface area contributed by atoms with Gasteiger partial charge in [-0.3, -0.25) is 10.1 Å². The molecule has 1 amide bonds. The van der Waals surface area contributed by atoms with E-state index in [-0.39, 0.29) is 24.2 Å². The van der Waals surface area contributed by atoms with E-state index in [0.29, 0.717) is 6.54 Å². The number of hydrogen-bond donors (Lipinski definition) is 1. The molecule has 1 N–H and O–H groups in total. The fraction of sp³-hybridized carbons (Fsp3) is 0.562. The lowest BCUT2D eigenvalue weighted by atomic mass is 10.1. The van der Waals surface area contributed by atoms with Crippen molar-refractivity contribution in [2.24, 2.45) is 0 Å². The quantitative estimate of drug-likeness (QED) is 0.917. The van der Waals surface area contributed by atoms with Gasteiger partial charge in [0.05, 0.1) is 12.3 Å². The summed E-state index contributed by atoms with van der Waals surface area (Å²) in [5.74, 6) is 0.165. The van der Waals surface area contributed by atoms with E-state index in [4.69, 9.17) is 4.74 Å². The Hall–Kier alpha value is -1.39. The van der Waals surface area contributed by atoms with E-state index in [1.807, 2.05) is 42.2 Å². The maximum Gasteiger partial charge on any atom is 0.245 e. The van der Waals surface area contributed by atoms with Gasteiger partial charge < -0.3 is 9.64 Å². The lowest BCUT2D eigenvalue weighted by Gasteiger charge is -2.29. The molecule has 1 aromatic carbocycles. The van der Waals surface area contributed by atoms with Crippen molar-refractivity contribution in [1.29, 1.82) is 0 Å². The van der Waals surface area contributed by atoms with Crippen LogP contribution in [0.25, 0.3) is 0 Å². The molecule has 2 aliphatic rings. The van der Waals surface area contributed by atoms with Gasteiger partial charge in [0.2, 0.25) is 5.91 Å². The summed E-state index contributed by atoms with van der Waals surface area (Å²) in [7, 11) is 0. The van der Waals surface area contributed by atoms with Crippen LogP contribution in [0.4, 0.5) is 0 Å². The van der Waals surface area contributed by atoms with Gasteiger partial charge in [0.1, 0.15) is 6.04 Å². The molecular formula is C16H22N2O2. The van der Waals surface area contributed by atoms with Gasteiger partial charge in [-0.2, -0.15) is 0 Å². The van der Waals surface area contributed by atoms with E-state index < -0.39 is 0 Å². The molecule has 20 heavy (non-hydrogen) atoms. The highest BCUT2D eigenvalue weighted by Gasteiger charge is 2.38. The second-order valence-corrected chi connectivity index (χ2v) is 5.67. The predicted octanol–water partition coefficient (Wildman–Crippen LogP) is 2.07. The van der Waals surface area contributed by atoms with E-state index >= 15 is 0 Å². The maximum atomic E-state index is 12.6. The third-order valence-corrected chi connectivity index (χ3v) is 4.21. The highest BCUT2D eigenvalue weighted by molar-refractivity contribution is 5.85. The molecule has 1 aromatic rings. The van der Waals surface area contributed by atoms with Crippen LogP contribution in [0.3, 0.4) is 0 Å². The van der Waals surface area contributed by atoms with Crippen molar-refractivity contribution in [3.8, 4) is 0 Å². The zero-order valence-electron chi connectivity index (χ0n) is 11.9. The molecule has 2 fully saturated rings. The van der Waals surface area contributed by atoms with Crippen LogP contribution in [0.5, 0.6) is 0 Å². The average Bonchev–Trinajstić information content (AvgIpc) is 2.77. The predicted molar refractivity (Wildman–Crippen MR) is 77.1 cm³/mol. The number of hydrogen-bond acceptors (Lipinski definition) is 3. The summed E-state index contributed by atoms with van der Waals surface area (Å²) in [4.78, 5) is 14.5. The molecule has 0 aliphatic carbocycles.